The number of allylic oxidation sites excluding steroid dienone is 1. The number of aromatic nitrogens is 3. The Morgan fingerprint density at radius 1 is 0.839 bits per heavy atom. The standard InChI is InChI=1S/C51H55N3OSi/c1-30(2)23-37-27-44-39-14-12-11-13-38(39)40-17-15-36-16-18-41-42-19-20-43(47-33(5)24-32(4)25-34(47)6)52-51(42)55-50(41)48(36)45-26-31(3)21-22-53(45)28-35(7)49(40)54(44)29-46(37)56(8,9)10/h11-14,16,18-22,24-27,29-30,40,49H,7,15,17,23,28H2,1-6,8-10H3/q+2. The van der Waals surface area contributed by atoms with Gasteiger partial charge in [-0.15, -0.1) is 0 Å². The lowest BCUT2D eigenvalue weighted by Gasteiger charge is -2.33. The van der Waals surface area contributed by atoms with Gasteiger partial charge in [-0.1, -0.05) is 88.1 Å². The highest BCUT2D eigenvalue weighted by molar-refractivity contribution is 6.89. The summed E-state index contributed by atoms with van der Waals surface area (Å²) in [6.45, 7) is 26.6. The van der Waals surface area contributed by atoms with E-state index in [2.05, 4.69) is 162 Å². The number of furan rings is 1. The topological polar surface area (TPSA) is 33.8 Å². The molecule has 0 bridgehead atoms. The summed E-state index contributed by atoms with van der Waals surface area (Å²) in [6, 6.07) is 30.0. The van der Waals surface area contributed by atoms with Gasteiger partial charge in [-0.3, -0.25) is 0 Å². The molecule has 282 valence electrons. The van der Waals surface area contributed by atoms with Crippen molar-refractivity contribution in [3.8, 4) is 33.8 Å². The van der Waals surface area contributed by atoms with Gasteiger partial charge >= 0.3 is 0 Å². The van der Waals surface area contributed by atoms with Crippen LogP contribution in [-0.4, -0.2) is 13.1 Å². The number of pyridine rings is 3. The van der Waals surface area contributed by atoms with Crippen molar-refractivity contribution in [2.75, 3.05) is 0 Å². The molecule has 0 N–H and O–H groups in total. The highest BCUT2D eigenvalue weighted by Gasteiger charge is 2.45. The first kappa shape index (κ1) is 36.5. The molecule has 0 aliphatic carbocycles. The molecule has 5 heteroatoms. The molecule has 6 heterocycles. The van der Waals surface area contributed by atoms with Crippen LogP contribution in [0.15, 0.2) is 108 Å². The van der Waals surface area contributed by atoms with E-state index >= 15 is 0 Å². The zero-order chi connectivity index (χ0) is 39.2. The number of nitrogens with zero attached hydrogens (tertiary/aromatic N) is 3. The molecule has 4 aromatic heterocycles. The number of fused-ring (bicyclic) bond motifs is 13. The van der Waals surface area contributed by atoms with E-state index in [1.165, 1.54) is 72.6 Å². The highest BCUT2D eigenvalue weighted by Crippen LogP contribution is 2.46. The summed E-state index contributed by atoms with van der Waals surface area (Å²) in [5.41, 5.74) is 19.3. The summed E-state index contributed by atoms with van der Waals surface area (Å²) >= 11 is 0. The van der Waals surface area contributed by atoms with Crippen molar-refractivity contribution in [1.82, 2.24) is 4.98 Å². The molecule has 2 aliphatic rings. The van der Waals surface area contributed by atoms with Gasteiger partial charge in [0.1, 0.15) is 0 Å². The molecule has 0 amide bonds. The van der Waals surface area contributed by atoms with E-state index in [1.54, 1.807) is 5.19 Å². The summed E-state index contributed by atoms with van der Waals surface area (Å²) in [5.74, 6) is 0.871. The maximum absolute atomic E-state index is 6.95. The Morgan fingerprint density at radius 2 is 1.59 bits per heavy atom. The first-order valence-corrected chi connectivity index (χ1v) is 24.1. The van der Waals surface area contributed by atoms with Crippen LogP contribution in [0.3, 0.4) is 0 Å². The Hall–Kier alpha value is -5.13. The van der Waals surface area contributed by atoms with Crippen LogP contribution in [0.5, 0.6) is 0 Å². The molecule has 0 spiro atoms. The van der Waals surface area contributed by atoms with Crippen LogP contribution >= 0.6 is 0 Å². The second-order valence-corrected chi connectivity index (χ2v) is 23.3. The lowest BCUT2D eigenvalue weighted by Crippen LogP contribution is -2.55. The highest BCUT2D eigenvalue weighted by atomic mass is 28.3. The third-order valence-electron chi connectivity index (χ3n) is 12.4. The van der Waals surface area contributed by atoms with Gasteiger partial charge in [0, 0.05) is 45.3 Å². The van der Waals surface area contributed by atoms with Crippen molar-refractivity contribution in [2.24, 2.45) is 5.92 Å². The van der Waals surface area contributed by atoms with Crippen LogP contribution in [0.4, 0.5) is 0 Å². The maximum Gasteiger partial charge on any atom is 0.227 e. The van der Waals surface area contributed by atoms with E-state index in [0.29, 0.717) is 18.2 Å². The Balaban J connectivity index is 1.24. The fourth-order valence-corrected chi connectivity index (χ4v) is 11.8. The molecule has 2 aliphatic heterocycles. The number of benzene rings is 3. The first-order chi connectivity index (χ1) is 26.8. The van der Waals surface area contributed by atoms with E-state index in [1.807, 2.05) is 0 Å². The van der Waals surface area contributed by atoms with E-state index in [9.17, 15) is 0 Å². The predicted molar refractivity (Wildman–Crippen MR) is 234 cm³/mol. The smallest absolute Gasteiger partial charge is 0.227 e. The number of aryl methyl sites for hydroxylation is 5. The van der Waals surface area contributed by atoms with Crippen molar-refractivity contribution >= 4 is 35.3 Å². The Morgan fingerprint density at radius 3 is 2.34 bits per heavy atom. The van der Waals surface area contributed by atoms with Crippen LogP contribution in [-0.2, 0) is 19.4 Å². The van der Waals surface area contributed by atoms with Crippen LogP contribution in [0.2, 0.25) is 19.6 Å². The molecule has 2 atom stereocenters. The second kappa shape index (κ2) is 13.5. The Bertz CT molecular complexity index is 2720. The molecule has 3 aromatic carbocycles. The molecule has 7 aromatic rings. The molecule has 4 nitrogen and oxygen atoms in total. The van der Waals surface area contributed by atoms with Gasteiger partial charge in [-0.25, -0.2) is 4.98 Å². The van der Waals surface area contributed by atoms with Gasteiger partial charge in [-0.2, -0.15) is 9.13 Å². The number of rotatable bonds is 4. The summed E-state index contributed by atoms with van der Waals surface area (Å²) < 4.78 is 12.0. The largest absolute Gasteiger partial charge is 0.437 e. The van der Waals surface area contributed by atoms with Crippen LogP contribution in [0, 0.1) is 33.6 Å². The Kier molecular flexibility index (Phi) is 8.81. The quantitative estimate of drug-likeness (QED) is 0.102. The molecule has 0 radical (unpaired) electrons. The van der Waals surface area contributed by atoms with Crippen molar-refractivity contribution in [1.29, 1.82) is 0 Å². The van der Waals surface area contributed by atoms with E-state index in [0.717, 1.165) is 41.3 Å². The second-order valence-electron chi connectivity index (χ2n) is 18.3. The van der Waals surface area contributed by atoms with Gasteiger partial charge < -0.3 is 4.42 Å². The maximum atomic E-state index is 6.95. The average molecular weight is 754 g/mol. The van der Waals surface area contributed by atoms with Gasteiger partial charge in [0.05, 0.1) is 30.8 Å². The normalized spacial score (nSPS) is 16.7. The summed E-state index contributed by atoms with van der Waals surface area (Å²) in [4.78, 5) is 5.20. The summed E-state index contributed by atoms with van der Waals surface area (Å²) in [7, 11) is -1.67. The number of hydrogen-bond acceptors (Lipinski definition) is 2. The molecule has 0 saturated heterocycles. The first-order valence-electron chi connectivity index (χ1n) is 20.6. The summed E-state index contributed by atoms with van der Waals surface area (Å²) in [6.07, 6.45) is 7.85. The van der Waals surface area contributed by atoms with Crippen LogP contribution < -0.4 is 14.3 Å². The fraction of sp³-hybridized carbons (Fsp3) is 0.314. The molecule has 56 heavy (non-hydrogen) atoms. The van der Waals surface area contributed by atoms with Crippen LogP contribution in [0.25, 0.3) is 55.8 Å². The fourth-order valence-electron chi connectivity index (χ4n) is 10.1. The van der Waals surface area contributed by atoms with Gasteiger partial charge in [0.25, 0.3) is 0 Å². The lowest BCUT2D eigenvalue weighted by atomic mass is 9.76. The molecular formula is C51H55N3OSi+2. The van der Waals surface area contributed by atoms with E-state index in [-0.39, 0.29) is 12.0 Å². The minimum atomic E-state index is -1.67. The molecule has 2 unspecified atom stereocenters. The van der Waals surface area contributed by atoms with E-state index < -0.39 is 8.07 Å². The van der Waals surface area contributed by atoms with Crippen molar-refractivity contribution in [3.63, 3.8) is 0 Å². The zero-order valence-corrected chi connectivity index (χ0v) is 35.7. The minimum Gasteiger partial charge on any atom is -0.437 e. The van der Waals surface area contributed by atoms with Crippen LogP contribution in [0.1, 0.15) is 71.2 Å². The van der Waals surface area contributed by atoms with Crippen molar-refractivity contribution in [2.45, 2.75) is 99.0 Å². The average Bonchev–Trinajstić information content (AvgIpc) is 3.50. The van der Waals surface area contributed by atoms with Crippen molar-refractivity contribution < 1.29 is 13.6 Å². The third-order valence-corrected chi connectivity index (χ3v) is 14.5. The molecule has 0 fully saturated rings. The summed E-state index contributed by atoms with van der Waals surface area (Å²) in [5, 5.41) is 3.74. The van der Waals surface area contributed by atoms with Gasteiger partial charge in [0.15, 0.2) is 30.6 Å². The molecule has 9 rings (SSSR count). The third kappa shape index (κ3) is 6.07. The SMILES string of the molecule is C=C1C[n+]2ccc(C)cc2-c2c(ccc3c2oc2nc(-c4c(C)cc(C)cc4C)ccc23)CCC2c3ccccc3-c3cc(CC(C)C)c([Si](C)(C)C)c[n+]3C12. The Labute approximate surface area is 333 Å². The van der Waals surface area contributed by atoms with E-state index in [4.69, 9.17) is 16.0 Å². The minimum absolute atomic E-state index is 0.137. The number of hydrogen-bond donors (Lipinski definition) is 0. The zero-order valence-electron chi connectivity index (χ0n) is 34.7. The van der Waals surface area contributed by atoms with Gasteiger partial charge in [0.2, 0.25) is 17.1 Å². The molecule has 0 saturated carbocycles. The molecular weight excluding hydrogens is 699 g/mol. The van der Waals surface area contributed by atoms with Gasteiger partial charge in [-0.05, 0) is 104 Å². The van der Waals surface area contributed by atoms with Crippen molar-refractivity contribution in [3.05, 3.63) is 142 Å². The predicted octanol–water partition coefficient (Wildman–Crippen LogP) is 11.4. The monoisotopic (exact) mass is 753 g/mol. The lowest BCUT2D eigenvalue weighted by molar-refractivity contribution is -0.722.